The minimum absolute atomic E-state index is 0.248. The topological polar surface area (TPSA) is 77.8 Å². The van der Waals surface area contributed by atoms with E-state index in [2.05, 4.69) is 41.2 Å². The molecule has 0 spiro atoms. The molecule has 1 aromatic carbocycles. The van der Waals surface area contributed by atoms with Gasteiger partial charge in [-0.1, -0.05) is 29.8 Å². The van der Waals surface area contributed by atoms with Gasteiger partial charge in [0.1, 0.15) is 5.82 Å². The van der Waals surface area contributed by atoms with Crippen LogP contribution in [0, 0.1) is 13.8 Å². The highest BCUT2D eigenvalue weighted by Gasteiger charge is 2.07. The Balaban J connectivity index is 2.00. The molecular formula is C15H20N4. The number of nitrogen functional groups attached to an aromatic ring is 2. The molecule has 0 atom stereocenters. The lowest BCUT2D eigenvalue weighted by atomic mass is 10.0. The summed E-state index contributed by atoms with van der Waals surface area (Å²) in [7, 11) is 0. The Morgan fingerprint density at radius 3 is 2.53 bits per heavy atom. The molecule has 100 valence electrons. The van der Waals surface area contributed by atoms with Crippen LogP contribution in [0.4, 0.5) is 11.8 Å². The van der Waals surface area contributed by atoms with Gasteiger partial charge in [-0.05, 0) is 38.7 Å². The van der Waals surface area contributed by atoms with Gasteiger partial charge < -0.3 is 11.5 Å². The number of hydrogen-bond donors (Lipinski definition) is 2. The third-order valence-electron chi connectivity index (χ3n) is 3.24. The number of aryl methyl sites for hydroxylation is 3. The number of anilines is 2. The van der Waals surface area contributed by atoms with Crippen molar-refractivity contribution in [2.45, 2.75) is 33.1 Å². The molecule has 0 aliphatic heterocycles. The van der Waals surface area contributed by atoms with Crippen molar-refractivity contribution in [2.24, 2.45) is 0 Å². The second kappa shape index (κ2) is 5.69. The molecule has 4 nitrogen and oxygen atoms in total. The number of nitrogens with two attached hydrogens (primary N) is 2. The maximum Gasteiger partial charge on any atom is 0.222 e. The summed E-state index contributed by atoms with van der Waals surface area (Å²) in [6, 6.07) is 8.58. The van der Waals surface area contributed by atoms with Crippen LogP contribution in [-0.4, -0.2) is 9.97 Å². The molecule has 4 heteroatoms. The van der Waals surface area contributed by atoms with Crippen LogP contribution in [0.5, 0.6) is 0 Å². The summed E-state index contributed by atoms with van der Waals surface area (Å²) in [5, 5.41) is 0. The van der Waals surface area contributed by atoms with Gasteiger partial charge in [0.25, 0.3) is 0 Å². The number of benzene rings is 1. The summed E-state index contributed by atoms with van der Waals surface area (Å²) in [6.45, 7) is 4.04. The van der Waals surface area contributed by atoms with Gasteiger partial charge in [-0.3, -0.25) is 0 Å². The van der Waals surface area contributed by atoms with Crippen LogP contribution < -0.4 is 11.5 Å². The van der Waals surface area contributed by atoms with Gasteiger partial charge in [-0.25, -0.2) is 4.98 Å². The van der Waals surface area contributed by atoms with E-state index < -0.39 is 0 Å². The van der Waals surface area contributed by atoms with E-state index in [0.29, 0.717) is 5.82 Å². The molecule has 2 aromatic rings. The van der Waals surface area contributed by atoms with E-state index in [9.17, 15) is 0 Å². The molecule has 1 aromatic heterocycles. The molecule has 0 unspecified atom stereocenters. The zero-order chi connectivity index (χ0) is 13.8. The van der Waals surface area contributed by atoms with E-state index in [1.165, 1.54) is 11.1 Å². The number of nitrogens with zero attached hydrogens (tertiary/aromatic N) is 2. The maximum absolute atomic E-state index is 5.89. The lowest BCUT2D eigenvalue weighted by Gasteiger charge is -2.09. The van der Waals surface area contributed by atoms with Gasteiger partial charge in [-0.15, -0.1) is 0 Å². The Morgan fingerprint density at radius 1 is 1.05 bits per heavy atom. The van der Waals surface area contributed by atoms with E-state index in [0.717, 1.165) is 30.5 Å². The smallest absolute Gasteiger partial charge is 0.222 e. The average Bonchev–Trinajstić information content (AvgIpc) is 2.32. The standard InChI is InChI=1S/C15H20N4/c1-10-5-3-6-12(9-10)7-4-8-13-11(2)18-15(17)19-14(13)16/h3,5-6,9H,4,7-8H2,1-2H3,(H4,16,17,18,19). The Bertz CT molecular complexity index is 555. The van der Waals surface area contributed by atoms with Gasteiger partial charge in [-0.2, -0.15) is 4.98 Å². The maximum atomic E-state index is 5.89. The average molecular weight is 256 g/mol. The van der Waals surface area contributed by atoms with Gasteiger partial charge in [0.15, 0.2) is 0 Å². The Hall–Kier alpha value is -2.10. The second-order valence-electron chi connectivity index (χ2n) is 4.87. The van der Waals surface area contributed by atoms with Crippen LogP contribution in [0.15, 0.2) is 24.3 Å². The fourth-order valence-electron chi connectivity index (χ4n) is 2.29. The zero-order valence-corrected chi connectivity index (χ0v) is 11.5. The van der Waals surface area contributed by atoms with Crippen LogP contribution in [0.1, 0.15) is 28.8 Å². The highest BCUT2D eigenvalue weighted by molar-refractivity contribution is 5.45. The van der Waals surface area contributed by atoms with Crippen LogP contribution in [0.2, 0.25) is 0 Å². The summed E-state index contributed by atoms with van der Waals surface area (Å²) < 4.78 is 0. The zero-order valence-electron chi connectivity index (χ0n) is 11.5. The molecule has 2 rings (SSSR count). The van der Waals surface area contributed by atoms with Gasteiger partial charge in [0, 0.05) is 11.3 Å². The number of aromatic nitrogens is 2. The monoisotopic (exact) mass is 256 g/mol. The van der Waals surface area contributed by atoms with Gasteiger partial charge >= 0.3 is 0 Å². The summed E-state index contributed by atoms with van der Waals surface area (Å²) in [4.78, 5) is 8.18. The highest BCUT2D eigenvalue weighted by Crippen LogP contribution is 2.17. The molecule has 4 N–H and O–H groups in total. The third-order valence-corrected chi connectivity index (χ3v) is 3.24. The summed E-state index contributed by atoms with van der Waals surface area (Å²) in [5.41, 5.74) is 16.0. The van der Waals surface area contributed by atoms with Crippen molar-refractivity contribution in [1.29, 1.82) is 0 Å². The Labute approximate surface area is 113 Å². The molecule has 0 saturated carbocycles. The normalized spacial score (nSPS) is 10.6. The van der Waals surface area contributed by atoms with Crippen molar-refractivity contribution in [3.63, 3.8) is 0 Å². The second-order valence-corrected chi connectivity index (χ2v) is 4.87. The van der Waals surface area contributed by atoms with Crippen molar-refractivity contribution in [3.8, 4) is 0 Å². The van der Waals surface area contributed by atoms with E-state index in [1.54, 1.807) is 0 Å². The predicted molar refractivity (Wildman–Crippen MR) is 78.8 cm³/mol. The van der Waals surface area contributed by atoms with Crippen molar-refractivity contribution in [2.75, 3.05) is 11.5 Å². The first-order valence-corrected chi connectivity index (χ1v) is 6.50. The van der Waals surface area contributed by atoms with Crippen molar-refractivity contribution in [3.05, 3.63) is 46.6 Å². The van der Waals surface area contributed by atoms with E-state index in [1.807, 2.05) is 6.92 Å². The molecule has 0 bridgehead atoms. The van der Waals surface area contributed by atoms with E-state index in [-0.39, 0.29) is 5.95 Å². The van der Waals surface area contributed by atoms with E-state index in [4.69, 9.17) is 11.5 Å². The SMILES string of the molecule is Cc1cccc(CCCc2c(C)nc(N)nc2N)c1. The Morgan fingerprint density at radius 2 is 1.84 bits per heavy atom. The fraction of sp³-hybridized carbons (Fsp3) is 0.333. The molecular weight excluding hydrogens is 236 g/mol. The molecule has 0 fully saturated rings. The minimum atomic E-state index is 0.248. The predicted octanol–water partition coefficient (Wildman–Crippen LogP) is 2.43. The van der Waals surface area contributed by atoms with Gasteiger partial charge in [0.2, 0.25) is 5.95 Å². The fourth-order valence-corrected chi connectivity index (χ4v) is 2.29. The summed E-state index contributed by atoms with van der Waals surface area (Å²) in [6.07, 6.45) is 2.94. The molecule has 0 radical (unpaired) electrons. The van der Waals surface area contributed by atoms with E-state index >= 15 is 0 Å². The first-order valence-electron chi connectivity index (χ1n) is 6.50. The molecule has 0 amide bonds. The quantitative estimate of drug-likeness (QED) is 0.880. The lowest BCUT2D eigenvalue weighted by Crippen LogP contribution is -2.07. The first-order chi connectivity index (χ1) is 9.06. The minimum Gasteiger partial charge on any atom is -0.383 e. The molecule has 1 heterocycles. The van der Waals surface area contributed by atoms with Crippen LogP contribution in [0.25, 0.3) is 0 Å². The third kappa shape index (κ3) is 3.44. The van der Waals surface area contributed by atoms with Crippen LogP contribution in [0.3, 0.4) is 0 Å². The largest absolute Gasteiger partial charge is 0.383 e. The highest BCUT2D eigenvalue weighted by atomic mass is 15.0. The summed E-state index contributed by atoms with van der Waals surface area (Å²) in [5.74, 6) is 0.756. The number of rotatable bonds is 4. The Kier molecular flexibility index (Phi) is 4.00. The molecule has 0 saturated heterocycles. The van der Waals surface area contributed by atoms with Crippen LogP contribution in [-0.2, 0) is 12.8 Å². The number of hydrogen-bond acceptors (Lipinski definition) is 4. The first kappa shape index (κ1) is 13.3. The lowest BCUT2D eigenvalue weighted by molar-refractivity contribution is 0.807. The van der Waals surface area contributed by atoms with Crippen molar-refractivity contribution < 1.29 is 0 Å². The van der Waals surface area contributed by atoms with Crippen LogP contribution >= 0.6 is 0 Å². The molecule has 0 aliphatic rings. The van der Waals surface area contributed by atoms with Gasteiger partial charge in [0.05, 0.1) is 0 Å². The molecule has 0 aliphatic carbocycles. The summed E-state index contributed by atoms with van der Waals surface area (Å²) >= 11 is 0. The van der Waals surface area contributed by atoms with Crippen molar-refractivity contribution in [1.82, 2.24) is 9.97 Å². The van der Waals surface area contributed by atoms with Crippen molar-refractivity contribution >= 4 is 11.8 Å². The molecule has 19 heavy (non-hydrogen) atoms.